The monoisotopic (exact) mass is 245 g/mol. The maximum absolute atomic E-state index is 12.4. The van der Waals surface area contributed by atoms with Crippen molar-refractivity contribution in [3.05, 3.63) is 23.8 Å². The van der Waals surface area contributed by atoms with Crippen molar-refractivity contribution in [3.63, 3.8) is 0 Å². The molecular formula is C11H10F3NS. The zero-order valence-corrected chi connectivity index (χ0v) is 9.40. The zero-order valence-electron chi connectivity index (χ0n) is 8.58. The lowest BCUT2D eigenvalue weighted by Gasteiger charge is -2.17. The fourth-order valence-electron chi connectivity index (χ4n) is 1.44. The molecule has 0 amide bonds. The minimum absolute atomic E-state index is 0.268. The highest BCUT2D eigenvalue weighted by molar-refractivity contribution is 8.00. The lowest BCUT2D eigenvalue weighted by atomic mass is 10.2. The molecule has 2 rings (SSSR count). The minimum atomic E-state index is -4.29. The van der Waals surface area contributed by atoms with E-state index < -0.39 is 11.7 Å². The minimum Gasteiger partial charge on any atom is -0.259 e. The molecule has 0 radical (unpaired) electrons. The van der Waals surface area contributed by atoms with Crippen LogP contribution < -0.4 is 0 Å². The highest BCUT2D eigenvalue weighted by atomic mass is 32.2. The van der Waals surface area contributed by atoms with E-state index in [-0.39, 0.29) is 5.25 Å². The quantitative estimate of drug-likeness (QED) is 0.718. The molecule has 5 heteroatoms. The summed E-state index contributed by atoms with van der Waals surface area (Å²) in [5.41, 5.74) is -0.219. The molecule has 1 atom stereocenters. The normalized spacial score (nSPS) is 19.6. The van der Waals surface area contributed by atoms with Gasteiger partial charge in [-0.05, 0) is 24.6 Å². The molecular weight excluding hydrogens is 235 g/mol. The summed E-state index contributed by atoms with van der Waals surface area (Å²) in [5, 5.41) is 0.268. The van der Waals surface area contributed by atoms with Crippen molar-refractivity contribution in [2.45, 2.75) is 29.7 Å². The topological polar surface area (TPSA) is 12.4 Å². The van der Waals surface area contributed by atoms with E-state index in [9.17, 15) is 13.2 Å². The number of rotatable bonds is 1. The van der Waals surface area contributed by atoms with Crippen LogP contribution in [0.2, 0.25) is 0 Å². The SMILES string of the molecule is CCC1C=Nc2cc(C(F)(F)F)ccc2S1. The third kappa shape index (κ3) is 2.24. The number of halogens is 3. The van der Waals surface area contributed by atoms with Gasteiger partial charge in [0.15, 0.2) is 0 Å². The van der Waals surface area contributed by atoms with E-state index in [1.54, 1.807) is 18.0 Å². The summed E-state index contributed by atoms with van der Waals surface area (Å²) < 4.78 is 37.3. The van der Waals surface area contributed by atoms with Crippen LogP contribution in [0.25, 0.3) is 0 Å². The Hall–Kier alpha value is -0.970. The molecule has 1 aliphatic rings. The molecule has 16 heavy (non-hydrogen) atoms. The summed E-state index contributed by atoms with van der Waals surface area (Å²) in [5.74, 6) is 0. The van der Waals surface area contributed by atoms with Crippen LogP contribution in [-0.2, 0) is 6.18 Å². The van der Waals surface area contributed by atoms with Gasteiger partial charge in [0, 0.05) is 16.4 Å². The smallest absolute Gasteiger partial charge is 0.259 e. The predicted molar refractivity (Wildman–Crippen MR) is 59.5 cm³/mol. The average molecular weight is 245 g/mol. The van der Waals surface area contributed by atoms with Crippen molar-refractivity contribution in [2.75, 3.05) is 0 Å². The molecule has 0 fully saturated rings. The third-order valence-electron chi connectivity index (χ3n) is 2.35. The van der Waals surface area contributed by atoms with Crippen LogP contribution in [0.4, 0.5) is 18.9 Å². The first-order valence-corrected chi connectivity index (χ1v) is 5.80. The molecule has 1 unspecified atom stereocenters. The summed E-state index contributed by atoms with van der Waals surface area (Å²) in [6.07, 6.45) is -1.65. The van der Waals surface area contributed by atoms with E-state index in [1.165, 1.54) is 6.07 Å². The summed E-state index contributed by atoms with van der Waals surface area (Å²) in [7, 11) is 0. The number of aliphatic imine (C=N–C) groups is 1. The molecule has 1 aliphatic heterocycles. The van der Waals surface area contributed by atoms with Crippen molar-refractivity contribution < 1.29 is 13.2 Å². The van der Waals surface area contributed by atoms with Gasteiger partial charge in [-0.15, -0.1) is 11.8 Å². The Balaban J connectivity index is 2.35. The van der Waals surface area contributed by atoms with Gasteiger partial charge in [0.2, 0.25) is 0 Å². The fraction of sp³-hybridized carbons (Fsp3) is 0.364. The van der Waals surface area contributed by atoms with E-state index in [4.69, 9.17) is 0 Å². The van der Waals surface area contributed by atoms with E-state index in [1.807, 2.05) is 6.92 Å². The van der Waals surface area contributed by atoms with Crippen molar-refractivity contribution in [1.29, 1.82) is 0 Å². The van der Waals surface area contributed by atoms with Gasteiger partial charge in [-0.2, -0.15) is 13.2 Å². The molecule has 0 spiro atoms. The van der Waals surface area contributed by atoms with Crippen LogP contribution in [0.15, 0.2) is 28.1 Å². The number of alkyl halides is 3. The Bertz CT molecular complexity index is 426. The summed E-state index contributed by atoms with van der Waals surface area (Å²) in [6.45, 7) is 2.03. The lowest BCUT2D eigenvalue weighted by Crippen LogP contribution is -2.08. The largest absolute Gasteiger partial charge is 0.416 e. The van der Waals surface area contributed by atoms with E-state index in [0.29, 0.717) is 5.69 Å². The fourth-order valence-corrected chi connectivity index (χ4v) is 2.43. The number of hydrogen-bond acceptors (Lipinski definition) is 2. The van der Waals surface area contributed by atoms with Gasteiger partial charge in [-0.3, -0.25) is 4.99 Å². The Kier molecular flexibility index (Phi) is 2.97. The Morgan fingerprint density at radius 2 is 2.12 bits per heavy atom. The Morgan fingerprint density at radius 3 is 2.75 bits per heavy atom. The van der Waals surface area contributed by atoms with E-state index in [0.717, 1.165) is 23.4 Å². The first-order chi connectivity index (χ1) is 7.50. The maximum Gasteiger partial charge on any atom is 0.416 e. The van der Waals surface area contributed by atoms with Crippen molar-refractivity contribution in [1.82, 2.24) is 0 Å². The van der Waals surface area contributed by atoms with Gasteiger partial charge in [0.25, 0.3) is 0 Å². The maximum atomic E-state index is 12.4. The lowest BCUT2D eigenvalue weighted by molar-refractivity contribution is -0.137. The molecule has 0 saturated carbocycles. The first kappa shape index (κ1) is 11.5. The molecule has 1 nitrogen and oxygen atoms in total. The van der Waals surface area contributed by atoms with Gasteiger partial charge < -0.3 is 0 Å². The standard InChI is InChI=1S/C11H10F3NS/c1-2-8-6-15-9-5-7(11(12,13)14)3-4-10(9)16-8/h3-6,8H,2H2,1H3. The second kappa shape index (κ2) is 4.13. The second-order valence-corrected chi connectivity index (χ2v) is 4.80. The van der Waals surface area contributed by atoms with E-state index in [2.05, 4.69) is 4.99 Å². The second-order valence-electron chi connectivity index (χ2n) is 3.52. The van der Waals surface area contributed by atoms with Crippen LogP contribution >= 0.6 is 11.8 Å². The molecule has 1 aromatic carbocycles. The number of hydrogen-bond donors (Lipinski definition) is 0. The molecule has 0 aromatic heterocycles. The average Bonchev–Trinajstić information content (AvgIpc) is 2.26. The molecule has 0 aliphatic carbocycles. The molecule has 86 valence electrons. The number of thioether (sulfide) groups is 1. The van der Waals surface area contributed by atoms with Crippen molar-refractivity contribution in [2.24, 2.45) is 4.99 Å². The van der Waals surface area contributed by atoms with Crippen LogP contribution in [0.1, 0.15) is 18.9 Å². The number of benzene rings is 1. The molecule has 1 heterocycles. The zero-order chi connectivity index (χ0) is 11.8. The summed E-state index contributed by atoms with van der Waals surface area (Å²) >= 11 is 1.56. The Labute approximate surface area is 95.8 Å². The number of fused-ring (bicyclic) bond motifs is 1. The van der Waals surface area contributed by atoms with Crippen LogP contribution in [0.5, 0.6) is 0 Å². The van der Waals surface area contributed by atoms with Crippen molar-refractivity contribution >= 4 is 23.7 Å². The van der Waals surface area contributed by atoms with Gasteiger partial charge in [0.1, 0.15) is 0 Å². The highest BCUT2D eigenvalue weighted by Gasteiger charge is 2.31. The van der Waals surface area contributed by atoms with Crippen LogP contribution in [-0.4, -0.2) is 11.5 Å². The summed E-state index contributed by atoms with van der Waals surface area (Å²) in [6, 6.07) is 3.71. The van der Waals surface area contributed by atoms with Gasteiger partial charge in [-0.1, -0.05) is 6.92 Å². The first-order valence-electron chi connectivity index (χ1n) is 4.93. The molecule has 0 N–H and O–H groups in total. The predicted octanol–water partition coefficient (Wildman–Crippen LogP) is 4.29. The summed E-state index contributed by atoms with van der Waals surface area (Å²) in [4.78, 5) is 4.90. The van der Waals surface area contributed by atoms with Gasteiger partial charge >= 0.3 is 6.18 Å². The van der Waals surface area contributed by atoms with Crippen LogP contribution in [0, 0.1) is 0 Å². The van der Waals surface area contributed by atoms with Gasteiger partial charge in [0.05, 0.1) is 11.3 Å². The van der Waals surface area contributed by atoms with Crippen LogP contribution in [0.3, 0.4) is 0 Å². The highest BCUT2D eigenvalue weighted by Crippen LogP contribution is 2.40. The Morgan fingerprint density at radius 1 is 1.38 bits per heavy atom. The third-order valence-corrected chi connectivity index (χ3v) is 3.70. The number of nitrogens with zero attached hydrogens (tertiary/aromatic N) is 1. The molecule has 0 bridgehead atoms. The molecule has 1 aromatic rings. The van der Waals surface area contributed by atoms with Crippen molar-refractivity contribution in [3.8, 4) is 0 Å². The van der Waals surface area contributed by atoms with E-state index >= 15 is 0 Å². The molecule has 0 saturated heterocycles. The van der Waals surface area contributed by atoms with Gasteiger partial charge in [-0.25, -0.2) is 0 Å².